The fourth-order valence-corrected chi connectivity index (χ4v) is 3.65. The molecule has 0 saturated carbocycles. The summed E-state index contributed by atoms with van der Waals surface area (Å²) in [5.74, 6) is 0. The summed E-state index contributed by atoms with van der Waals surface area (Å²) in [4.78, 5) is 0. The minimum absolute atomic E-state index is 0. The van der Waals surface area contributed by atoms with Crippen LogP contribution in [0, 0.1) is 0 Å². The third-order valence-corrected chi connectivity index (χ3v) is 6.07. The van der Waals surface area contributed by atoms with E-state index >= 15 is 0 Å². The van der Waals surface area contributed by atoms with E-state index < -0.39 is 8.56 Å². The Hall–Kier alpha value is 0.0269. The van der Waals surface area contributed by atoms with Gasteiger partial charge in [-0.3, -0.25) is 4.70 Å². The van der Waals surface area contributed by atoms with Crippen LogP contribution in [0.5, 0.6) is 0 Å². The van der Waals surface area contributed by atoms with Gasteiger partial charge in [-0.05, 0) is 25.4 Å². The third-order valence-electron chi connectivity index (χ3n) is 3.13. The van der Waals surface area contributed by atoms with Crippen molar-refractivity contribution in [1.82, 2.24) is 0 Å². The first-order valence-corrected chi connectivity index (χ1v) is 9.51. The maximum Gasteiger partial charge on any atom is 0.334 e. The average Bonchev–Trinajstić information content (AvgIpc) is 2.35. The van der Waals surface area contributed by atoms with Crippen LogP contribution in [-0.4, -0.2) is 34.0 Å². The third kappa shape index (κ3) is 11.1. The molecule has 18 heavy (non-hydrogen) atoms. The summed E-state index contributed by atoms with van der Waals surface area (Å²) in [5, 5.41) is 8.83. The predicted octanol–water partition coefficient (Wildman–Crippen LogP) is 3.62. The van der Waals surface area contributed by atoms with Crippen molar-refractivity contribution in [2.24, 2.45) is 0 Å². The molecule has 5 heteroatoms. The molecule has 0 aromatic carbocycles. The largest absolute Gasteiger partial charge is 0.398 e. The summed E-state index contributed by atoms with van der Waals surface area (Å²) in [5.41, 5.74) is 0. The highest BCUT2D eigenvalue weighted by Gasteiger charge is 2.28. The molecule has 0 aromatic rings. The second kappa shape index (κ2) is 13.5. The lowest BCUT2D eigenvalue weighted by Gasteiger charge is -2.24. The Bertz CT molecular complexity index is 172. The fourth-order valence-electron chi connectivity index (χ4n) is 1.80. The Kier molecular flexibility index (Phi) is 15.2. The summed E-state index contributed by atoms with van der Waals surface area (Å²) in [7, 11) is -0.253. The van der Waals surface area contributed by atoms with Crippen molar-refractivity contribution in [3.8, 4) is 0 Å². The lowest BCUT2D eigenvalue weighted by atomic mass is 10.1. The molecule has 0 saturated heterocycles. The van der Waals surface area contributed by atoms with Gasteiger partial charge in [-0.15, -0.1) is 0 Å². The van der Waals surface area contributed by atoms with E-state index in [0.29, 0.717) is 0 Å². The number of halogens is 1. The number of aliphatic hydroxyl groups is 1. The Morgan fingerprint density at radius 1 is 1.00 bits per heavy atom. The molecule has 0 aliphatic rings. The van der Waals surface area contributed by atoms with E-state index in [2.05, 4.69) is 13.5 Å². The molecule has 0 spiro atoms. The van der Waals surface area contributed by atoms with Crippen molar-refractivity contribution in [2.75, 3.05) is 20.3 Å². The molecule has 112 valence electrons. The first-order valence-electron chi connectivity index (χ1n) is 6.98. The minimum Gasteiger partial charge on any atom is -0.398 e. The van der Waals surface area contributed by atoms with Gasteiger partial charge in [-0.1, -0.05) is 39.0 Å². The molecule has 1 unspecified atom stereocenters. The molecule has 0 aliphatic carbocycles. The van der Waals surface area contributed by atoms with Crippen molar-refractivity contribution < 1.29 is 18.7 Å². The van der Waals surface area contributed by atoms with E-state index in [1.165, 1.54) is 32.1 Å². The zero-order chi connectivity index (χ0) is 13.0. The molecule has 0 heterocycles. The van der Waals surface area contributed by atoms with Crippen molar-refractivity contribution >= 4 is 8.56 Å². The van der Waals surface area contributed by atoms with Gasteiger partial charge in [0.15, 0.2) is 0 Å². The molecule has 0 radical (unpaired) electrons. The highest BCUT2D eigenvalue weighted by Crippen LogP contribution is 2.15. The van der Waals surface area contributed by atoms with Gasteiger partial charge in [0.2, 0.25) is 0 Å². The Balaban J connectivity index is 0. The second-order valence-corrected chi connectivity index (χ2v) is 8.25. The number of aliphatic hydroxyl groups excluding tert-OH is 1. The monoisotopic (exact) mass is 282 g/mol. The zero-order valence-corrected chi connectivity index (χ0v) is 13.2. The van der Waals surface area contributed by atoms with Crippen molar-refractivity contribution in [1.29, 1.82) is 0 Å². The zero-order valence-electron chi connectivity index (χ0n) is 12.2. The molecule has 0 aliphatic heterocycles. The van der Waals surface area contributed by atoms with Gasteiger partial charge in [0, 0.05) is 20.3 Å². The first kappa shape index (κ1) is 20.3. The lowest BCUT2D eigenvalue weighted by Crippen LogP contribution is -2.37. The van der Waals surface area contributed by atoms with E-state index in [0.717, 1.165) is 25.5 Å². The Morgan fingerprint density at radius 3 is 2.17 bits per heavy atom. The first-order chi connectivity index (χ1) is 8.18. The van der Waals surface area contributed by atoms with E-state index in [-0.39, 0.29) is 11.3 Å². The van der Waals surface area contributed by atoms with Crippen LogP contribution in [0.25, 0.3) is 0 Å². The molecule has 1 atom stereocenters. The van der Waals surface area contributed by atoms with Crippen LogP contribution < -0.4 is 0 Å². The smallest absolute Gasteiger partial charge is 0.334 e. The van der Waals surface area contributed by atoms with Crippen molar-refractivity contribution in [2.45, 2.75) is 64.5 Å². The van der Waals surface area contributed by atoms with E-state index in [1.54, 1.807) is 7.11 Å². The molecule has 0 bridgehead atoms. The number of hydrogen-bond acceptors (Lipinski definition) is 3. The number of unbranched alkanes of at least 4 members (excludes halogenated alkanes) is 5. The van der Waals surface area contributed by atoms with Crippen molar-refractivity contribution in [3.63, 3.8) is 0 Å². The summed E-state index contributed by atoms with van der Waals surface area (Å²) in [6.45, 7) is 5.36. The van der Waals surface area contributed by atoms with Gasteiger partial charge in [0.1, 0.15) is 0 Å². The van der Waals surface area contributed by atoms with Gasteiger partial charge in [0.25, 0.3) is 0 Å². The lowest BCUT2D eigenvalue weighted by molar-refractivity contribution is 0.194. The molecule has 0 fully saturated rings. The standard InChI is InChI=1S/C13H30O3Si.FH/c1-4-5-6-7-8-9-12-16-17(3,15-2)13-10-11-14;/h14H,4-13H2,1-3H3;1H. The quantitative estimate of drug-likeness (QED) is 0.439. The van der Waals surface area contributed by atoms with Gasteiger partial charge in [0.05, 0.1) is 0 Å². The number of rotatable bonds is 12. The summed E-state index contributed by atoms with van der Waals surface area (Å²) < 4.78 is 11.4. The summed E-state index contributed by atoms with van der Waals surface area (Å²) in [6, 6.07) is 0.885. The SMILES string of the molecule is CCCCCCCCO[Si](C)(CCCO)OC.F. The topological polar surface area (TPSA) is 38.7 Å². The summed E-state index contributed by atoms with van der Waals surface area (Å²) >= 11 is 0. The van der Waals surface area contributed by atoms with Crippen LogP contribution >= 0.6 is 0 Å². The van der Waals surface area contributed by atoms with Crippen LogP contribution in [0.15, 0.2) is 0 Å². The maximum absolute atomic E-state index is 8.83. The van der Waals surface area contributed by atoms with Crippen LogP contribution in [-0.2, 0) is 8.85 Å². The molecule has 3 nitrogen and oxygen atoms in total. The van der Waals surface area contributed by atoms with Crippen LogP contribution in [0.3, 0.4) is 0 Å². The normalized spacial score (nSPS) is 14.0. The van der Waals surface area contributed by atoms with E-state index in [9.17, 15) is 0 Å². The maximum atomic E-state index is 8.83. The summed E-state index contributed by atoms with van der Waals surface area (Å²) in [6.07, 6.45) is 8.49. The highest BCUT2D eigenvalue weighted by molar-refractivity contribution is 6.65. The van der Waals surface area contributed by atoms with Gasteiger partial charge in [-0.2, -0.15) is 0 Å². The second-order valence-electron chi connectivity index (χ2n) is 4.78. The molecular weight excluding hydrogens is 251 g/mol. The van der Waals surface area contributed by atoms with Gasteiger partial charge >= 0.3 is 8.56 Å². The minimum atomic E-state index is -1.98. The Labute approximate surface area is 112 Å². The van der Waals surface area contributed by atoms with Crippen LogP contribution in [0.1, 0.15) is 51.9 Å². The highest BCUT2D eigenvalue weighted by atomic mass is 28.4. The van der Waals surface area contributed by atoms with E-state index in [1.807, 2.05) is 0 Å². The molecule has 0 aromatic heterocycles. The molecule has 1 N–H and O–H groups in total. The fraction of sp³-hybridized carbons (Fsp3) is 1.00. The predicted molar refractivity (Wildman–Crippen MR) is 77.0 cm³/mol. The Morgan fingerprint density at radius 2 is 1.61 bits per heavy atom. The molecule has 0 amide bonds. The van der Waals surface area contributed by atoms with E-state index in [4.69, 9.17) is 14.0 Å². The van der Waals surface area contributed by atoms with Crippen molar-refractivity contribution in [3.05, 3.63) is 0 Å². The van der Waals surface area contributed by atoms with Gasteiger partial charge in [-0.25, -0.2) is 0 Å². The number of hydrogen-bond donors (Lipinski definition) is 1. The van der Waals surface area contributed by atoms with Crippen LogP contribution in [0.4, 0.5) is 4.70 Å². The molecule has 0 rings (SSSR count). The van der Waals surface area contributed by atoms with Crippen LogP contribution in [0.2, 0.25) is 12.6 Å². The average molecular weight is 282 g/mol. The van der Waals surface area contributed by atoms with Gasteiger partial charge < -0.3 is 14.0 Å². The molecular formula is C13H31FO3Si.